The van der Waals surface area contributed by atoms with Gasteiger partial charge in [-0.05, 0) is 58.0 Å². The first-order valence-corrected chi connectivity index (χ1v) is 7.36. The number of pyridine rings is 1. The zero-order valence-corrected chi connectivity index (χ0v) is 13.3. The summed E-state index contributed by atoms with van der Waals surface area (Å²) < 4.78 is 25.0. The number of hydrogen-bond acceptors (Lipinski definition) is 3. The van der Waals surface area contributed by atoms with Crippen LogP contribution in [0.2, 0.25) is 0 Å². The first-order valence-electron chi connectivity index (χ1n) is 7.36. The molecule has 1 saturated heterocycles. The molecule has 0 aliphatic carbocycles. The van der Waals surface area contributed by atoms with Gasteiger partial charge in [0.05, 0.1) is 16.9 Å². The number of rotatable bonds is 2. The Bertz CT molecular complexity index is 652. The van der Waals surface area contributed by atoms with Crippen LogP contribution in [-0.4, -0.2) is 23.3 Å². The molecule has 3 nitrogen and oxygen atoms in total. The Morgan fingerprint density at radius 3 is 2.00 bits per heavy atom. The maximum Gasteiger partial charge on any atom is 0.496 e. The average molecular weight is 299 g/mol. The van der Waals surface area contributed by atoms with Crippen molar-refractivity contribution in [1.29, 1.82) is 0 Å². The van der Waals surface area contributed by atoms with Gasteiger partial charge in [-0.25, -0.2) is 4.39 Å². The molecule has 0 saturated carbocycles. The Morgan fingerprint density at radius 1 is 0.909 bits per heavy atom. The molecule has 0 atom stereocenters. The minimum atomic E-state index is -0.417. The number of benzene rings is 1. The van der Waals surface area contributed by atoms with Crippen LogP contribution in [0.3, 0.4) is 0 Å². The van der Waals surface area contributed by atoms with Crippen LogP contribution >= 0.6 is 0 Å². The standard InChI is InChI=1S/C17H19BFNO2/c1-16(2)17(3,4)22-18(21-16)13-7-10-15(20-11-13)12-5-8-14(19)9-6-12/h5-11H,1-4H3. The van der Waals surface area contributed by atoms with Crippen molar-refractivity contribution in [3.05, 3.63) is 48.4 Å². The Balaban J connectivity index is 1.82. The van der Waals surface area contributed by atoms with Crippen molar-refractivity contribution in [2.45, 2.75) is 38.9 Å². The fourth-order valence-electron chi connectivity index (χ4n) is 2.32. The van der Waals surface area contributed by atoms with Gasteiger partial charge in [-0.15, -0.1) is 0 Å². The van der Waals surface area contributed by atoms with Gasteiger partial charge in [0.15, 0.2) is 0 Å². The second-order valence-electron chi connectivity index (χ2n) is 6.57. The van der Waals surface area contributed by atoms with Gasteiger partial charge >= 0.3 is 7.12 Å². The topological polar surface area (TPSA) is 31.4 Å². The van der Waals surface area contributed by atoms with Crippen LogP contribution in [0.25, 0.3) is 11.3 Å². The Labute approximate surface area is 130 Å². The molecule has 0 radical (unpaired) electrons. The Morgan fingerprint density at radius 2 is 1.50 bits per heavy atom. The number of halogens is 1. The van der Waals surface area contributed by atoms with E-state index in [1.807, 2.05) is 39.8 Å². The molecule has 5 heteroatoms. The van der Waals surface area contributed by atoms with Gasteiger partial charge < -0.3 is 9.31 Å². The summed E-state index contributed by atoms with van der Waals surface area (Å²) >= 11 is 0. The van der Waals surface area contributed by atoms with E-state index in [9.17, 15) is 4.39 Å². The number of hydrogen-bond donors (Lipinski definition) is 0. The van der Waals surface area contributed by atoms with Crippen molar-refractivity contribution in [3.63, 3.8) is 0 Å². The van der Waals surface area contributed by atoms with Crippen LogP contribution in [0.15, 0.2) is 42.6 Å². The van der Waals surface area contributed by atoms with Gasteiger partial charge in [0.25, 0.3) is 0 Å². The molecule has 0 bridgehead atoms. The molecular formula is C17H19BFNO2. The summed E-state index contributed by atoms with van der Waals surface area (Å²) in [6, 6.07) is 10.1. The van der Waals surface area contributed by atoms with E-state index in [1.165, 1.54) is 12.1 Å². The highest BCUT2D eigenvalue weighted by Crippen LogP contribution is 2.36. The monoisotopic (exact) mass is 299 g/mol. The molecule has 1 aliphatic heterocycles. The van der Waals surface area contributed by atoms with Crippen molar-refractivity contribution < 1.29 is 13.7 Å². The van der Waals surface area contributed by atoms with E-state index in [1.54, 1.807) is 18.3 Å². The van der Waals surface area contributed by atoms with Crippen LogP contribution in [0.4, 0.5) is 4.39 Å². The second kappa shape index (κ2) is 5.18. The molecule has 1 aromatic carbocycles. The summed E-state index contributed by atoms with van der Waals surface area (Å²) in [7, 11) is -0.417. The fraction of sp³-hybridized carbons (Fsp3) is 0.353. The highest BCUT2D eigenvalue weighted by molar-refractivity contribution is 6.62. The predicted molar refractivity (Wildman–Crippen MR) is 85.3 cm³/mol. The number of nitrogens with zero attached hydrogens (tertiary/aromatic N) is 1. The van der Waals surface area contributed by atoms with Crippen LogP contribution < -0.4 is 5.46 Å². The van der Waals surface area contributed by atoms with Crippen molar-refractivity contribution >= 4 is 12.6 Å². The SMILES string of the molecule is CC1(C)OB(c2ccc(-c3ccc(F)cc3)nc2)OC1(C)C. The quantitative estimate of drug-likeness (QED) is 0.798. The maximum absolute atomic E-state index is 13.0. The van der Waals surface area contributed by atoms with Crippen molar-refractivity contribution in [1.82, 2.24) is 4.98 Å². The smallest absolute Gasteiger partial charge is 0.399 e. The molecule has 22 heavy (non-hydrogen) atoms. The highest BCUT2D eigenvalue weighted by Gasteiger charge is 2.51. The minimum Gasteiger partial charge on any atom is -0.399 e. The minimum absolute atomic E-state index is 0.252. The lowest BCUT2D eigenvalue weighted by Gasteiger charge is -2.32. The molecule has 0 spiro atoms. The van der Waals surface area contributed by atoms with E-state index in [0.29, 0.717) is 0 Å². The van der Waals surface area contributed by atoms with Gasteiger partial charge in [0.1, 0.15) is 5.82 Å². The molecule has 1 aromatic heterocycles. The third-order valence-electron chi connectivity index (χ3n) is 4.45. The summed E-state index contributed by atoms with van der Waals surface area (Å²) in [6.45, 7) is 8.08. The van der Waals surface area contributed by atoms with E-state index in [4.69, 9.17) is 9.31 Å². The maximum atomic E-state index is 13.0. The Hall–Kier alpha value is -1.72. The van der Waals surface area contributed by atoms with E-state index in [0.717, 1.165) is 16.7 Å². The van der Waals surface area contributed by atoms with Crippen molar-refractivity contribution in [3.8, 4) is 11.3 Å². The summed E-state index contributed by atoms with van der Waals surface area (Å²) in [5.41, 5.74) is 1.81. The second-order valence-corrected chi connectivity index (χ2v) is 6.57. The van der Waals surface area contributed by atoms with E-state index < -0.39 is 7.12 Å². The molecule has 1 aliphatic rings. The summed E-state index contributed by atoms with van der Waals surface area (Å²) in [5, 5.41) is 0. The summed E-state index contributed by atoms with van der Waals surface area (Å²) in [6.07, 6.45) is 1.75. The lowest BCUT2D eigenvalue weighted by atomic mass is 9.80. The van der Waals surface area contributed by atoms with Crippen molar-refractivity contribution in [2.75, 3.05) is 0 Å². The molecule has 2 heterocycles. The Kier molecular flexibility index (Phi) is 3.58. The largest absolute Gasteiger partial charge is 0.496 e. The molecule has 0 N–H and O–H groups in total. The van der Waals surface area contributed by atoms with Crippen LogP contribution in [-0.2, 0) is 9.31 Å². The highest BCUT2D eigenvalue weighted by atomic mass is 19.1. The number of aromatic nitrogens is 1. The molecule has 114 valence electrons. The zero-order valence-electron chi connectivity index (χ0n) is 13.3. The lowest BCUT2D eigenvalue weighted by Crippen LogP contribution is -2.41. The van der Waals surface area contributed by atoms with Crippen LogP contribution in [0.1, 0.15) is 27.7 Å². The molecule has 0 amide bonds. The summed E-state index contributed by atoms with van der Waals surface area (Å²) in [4.78, 5) is 4.44. The average Bonchev–Trinajstić information content (AvgIpc) is 2.68. The lowest BCUT2D eigenvalue weighted by molar-refractivity contribution is 0.00578. The molecular weight excluding hydrogens is 280 g/mol. The van der Waals surface area contributed by atoms with Gasteiger partial charge in [0, 0.05) is 17.2 Å². The van der Waals surface area contributed by atoms with Crippen LogP contribution in [0.5, 0.6) is 0 Å². The molecule has 1 fully saturated rings. The first kappa shape index (κ1) is 15.2. The van der Waals surface area contributed by atoms with Gasteiger partial charge in [0.2, 0.25) is 0 Å². The fourth-order valence-corrected chi connectivity index (χ4v) is 2.32. The summed E-state index contributed by atoms with van der Waals surface area (Å²) in [5.74, 6) is -0.252. The molecule has 0 unspecified atom stereocenters. The normalized spacial score (nSPS) is 19.4. The molecule has 3 rings (SSSR count). The van der Waals surface area contributed by atoms with Crippen LogP contribution in [0, 0.1) is 5.82 Å². The third-order valence-corrected chi connectivity index (χ3v) is 4.45. The zero-order chi connectivity index (χ0) is 16.0. The van der Waals surface area contributed by atoms with Gasteiger partial charge in [-0.2, -0.15) is 0 Å². The van der Waals surface area contributed by atoms with E-state index >= 15 is 0 Å². The molecule has 2 aromatic rings. The predicted octanol–water partition coefficient (Wildman–Crippen LogP) is 3.19. The van der Waals surface area contributed by atoms with E-state index in [2.05, 4.69) is 4.98 Å². The first-order chi connectivity index (χ1) is 10.3. The van der Waals surface area contributed by atoms with Gasteiger partial charge in [-0.1, -0.05) is 6.07 Å². The van der Waals surface area contributed by atoms with Crippen molar-refractivity contribution in [2.24, 2.45) is 0 Å². The third kappa shape index (κ3) is 2.66. The van der Waals surface area contributed by atoms with Gasteiger partial charge in [-0.3, -0.25) is 4.98 Å². The van der Waals surface area contributed by atoms with E-state index in [-0.39, 0.29) is 17.0 Å².